The van der Waals surface area contributed by atoms with Crippen molar-refractivity contribution in [2.24, 2.45) is 5.92 Å². The molecule has 0 aliphatic heterocycles. The summed E-state index contributed by atoms with van der Waals surface area (Å²) in [4.78, 5) is 0. The third-order valence-corrected chi connectivity index (χ3v) is 4.86. The van der Waals surface area contributed by atoms with Crippen molar-refractivity contribution in [3.05, 3.63) is 33.8 Å². The Morgan fingerprint density at radius 1 is 1.35 bits per heavy atom. The molecule has 0 spiro atoms. The minimum absolute atomic E-state index is 0.515. The summed E-state index contributed by atoms with van der Waals surface area (Å²) in [6.45, 7) is 2.79. The van der Waals surface area contributed by atoms with Gasteiger partial charge in [-0.3, -0.25) is 0 Å². The van der Waals surface area contributed by atoms with Crippen LogP contribution in [0.3, 0.4) is 0 Å². The average molecular weight is 316 g/mol. The van der Waals surface area contributed by atoms with E-state index in [0.717, 1.165) is 5.92 Å². The summed E-state index contributed by atoms with van der Waals surface area (Å²) in [7, 11) is 0. The van der Waals surface area contributed by atoms with Gasteiger partial charge in [-0.2, -0.15) is 0 Å². The van der Waals surface area contributed by atoms with Gasteiger partial charge in [0.2, 0.25) is 0 Å². The molecule has 3 unspecified atom stereocenters. The first-order valence-electron chi connectivity index (χ1n) is 7.46. The van der Waals surface area contributed by atoms with Crippen LogP contribution < -0.4 is 5.32 Å². The Bertz CT molecular complexity index is 438. The van der Waals surface area contributed by atoms with E-state index in [2.05, 4.69) is 12.2 Å². The molecule has 0 saturated heterocycles. The first kappa shape index (κ1) is 16.1. The maximum absolute atomic E-state index is 10.3. The molecule has 1 saturated carbocycles. The van der Waals surface area contributed by atoms with Gasteiger partial charge in [-0.25, -0.2) is 0 Å². The van der Waals surface area contributed by atoms with Crippen molar-refractivity contribution in [1.82, 2.24) is 5.32 Å². The van der Waals surface area contributed by atoms with E-state index in [-0.39, 0.29) is 0 Å². The van der Waals surface area contributed by atoms with Crippen molar-refractivity contribution >= 4 is 23.2 Å². The number of aliphatic hydroxyl groups excluding tert-OH is 1. The molecule has 2 N–H and O–H groups in total. The van der Waals surface area contributed by atoms with Gasteiger partial charge in [0.25, 0.3) is 0 Å². The van der Waals surface area contributed by atoms with E-state index in [0.29, 0.717) is 28.2 Å². The molecule has 1 aromatic rings. The van der Waals surface area contributed by atoms with Crippen LogP contribution in [-0.2, 0) is 0 Å². The molecule has 2 nitrogen and oxygen atoms in total. The average Bonchev–Trinajstić information content (AvgIpc) is 2.47. The van der Waals surface area contributed by atoms with E-state index >= 15 is 0 Å². The molecule has 0 radical (unpaired) electrons. The smallest absolute Gasteiger partial charge is 0.0929 e. The Morgan fingerprint density at radius 2 is 2.15 bits per heavy atom. The second kappa shape index (κ2) is 7.65. The molecular formula is C16H23Cl2NO. The monoisotopic (exact) mass is 315 g/mol. The lowest BCUT2D eigenvalue weighted by Crippen LogP contribution is -2.36. The van der Waals surface area contributed by atoms with Crippen LogP contribution in [0.4, 0.5) is 0 Å². The summed E-state index contributed by atoms with van der Waals surface area (Å²) in [6.07, 6.45) is 5.68. The SMILES string of the molecule is CCC1CCCC(NCC(O)c2cc(Cl)ccc2Cl)C1. The number of aliphatic hydroxyl groups is 1. The van der Waals surface area contributed by atoms with E-state index in [4.69, 9.17) is 23.2 Å². The van der Waals surface area contributed by atoms with Crippen LogP contribution in [0, 0.1) is 5.92 Å². The molecule has 20 heavy (non-hydrogen) atoms. The molecule has 1 aliphatic rings. The van der Waals surface area contributed by atoms with Gasteiger partial charge in [-0.15, -0.1) is 0 Å². The largest absolute Gasteiger partial charge is 0.387 e. The molecule has 2 rings (SSSR count). The second-order valence-electron chi connectivity index (χ2n) is 5.73. The summed E-state index contributed by atoms with van der Waals surface area (Å²) in [6, 6.07) is 5.73. The fourth-order valence-electron chi connectivity index (χ4n) is 3.01. The van der Waals surface area contributed by atoms with Gasteiger partial charge in [0.15, 0.2) is 0 Å². The zero-order chi connectivity index (χ0) is 14.5. The summed E-state index contributed by atoms with van der Waals surface area (Å²) in [5.74, 6) is 0.827. The Labute approximate surface area is 131 Å². The van der Waals surface area contributed by atoms with E-state index < -0.39 is 6.10 Å². The summed E-state index contributed by atoms with van der Waals surface area (Å²) in [5, 5.41) is 14.9. The van der Waals surface area contributed by atoms with Crippen LogP contribution in [0.5, 0.6) is 0 Å². The lowest BCUT2D eigenvalue weighted by Gasteiger charge is -2.30. The van der Waals surface area contributed by atoms with Crippen LogP contribution >= 0.6 is 23.2 Å². The number of benzene rings is 1. The first-order chi connectivity index (χ1) is 9.60. The fraction of sp³-hybridized carbons (Fsp3) is 0.625. The molecule has 0 amide bonds. The van der Waals surface area contributed by atoms with Gasteiger partial charge in [-0.1, -0.05) is 49.4 Å². The normalized spacial score (nSPS) is 24.6. The third-order valence-electron chi connectivity index (χ3n) is 4.28. The van der Waals surface area contributed by atoms with E-state index in [1.807, 2.05) is 0 Å². The van der Waals surface area contributed by atoms with Crippen molar-refractivity contribution in [2.45, 2.75) is 51.2 Å². The lowest BCUT2D eigenvalue weighted by molar-refractivity contribution is 0.160. The van der Waals surface area contributed by atoms with Crippen molar-refractivity contribution in [3.63, 3.8) is 0 Å². The molecular weight excluding hydrogens is 293 g/mol. The predicted molar refractivity (Wildman–Crippen MR) is 85.5 cm³/mol. The van der Waals surface area contributed by atoms with Gasteiger partial charge >= 0.3 is 0 Å². The number of hydrogen-bond acceptors (Lipinski definition) is 2. The van der Waals surface area contributed by atoms with Gasteiger partial charge in [0.1, 0.15) is 0 Å². The highest BCUT2D eigenvalue weighted by Crippen LogP contribution is 2.28. The molecule has 0 heterocycles. The van der Waals surface area contributed by atoms with E-state index in [1.165, 1.54) is 32.1 Å². The molecule has 1 aliphatic carbocycles. The van der Waals surface area contributed by atoms with Gasteiger partial charge < -0.3 is 10.4 Å². The summed E-state index contributed by atoms with van der Waals surface area (Å²) >= 11 is 12.1. The number of halogens is 2. The van der Waals surface area contributed by atoms with Gasteiger partial charge in [0.05, 0.1) is 6.10 Å². The molecule has 0 aromatic heterocycles. The molecule has 4 heteroatoms. The number of nitrogens with one attached hydrogen (secondary N) is 1. The Balaban J connectivity index is 1.88. The maximum atomic E-state index is 10.3. The van der Waals surface area contributed by atoms with Crippen LogP contribution in [0.25, 0.3) is 0 Å². The highest BCUT2D eigenvalue weighted by molar-refractivity contribution is 6.33. The van der Waals surface area contributed by atoms with Crippen LogP contribution in [-0.4, -0.2) is 17.7 Å². The van der Waals surface area contributed by atoms with Crippen LogP contribution in [0.1, 0.15) is 50.7 Å². The Hall–Kier alpha value is -0.280. The predicted octanol–water partition coefficient (Wildman–Crippen LogP) is 4.59. The Morgan fingerprint density at radius 3 is 2.90 bits per heavy atom. The van der Waals surface area contributed by atoms with Gasteiger partial charge in [-0.05, 0) is 37.0 Å². The number of rotatable bonds is 5. The minimum atomic E-state index is -0.608. The topological polar surface area (TPSA) is 32.3 Å². The lowest BCUT2D eigenvalue weighted by atomic mass is 9.84. The maximum Gasteiger partial charge on any atom is 0.0929 e. The molecule has 112 valence electrons. The van der Waals surface area contributed by atoms with Crippen molar-refractivity contribution in [1.29, 1.82) is 0 Å². The van der Waals surface area contributed by atoms with Crippen LogP contribution in [0.15, 0.2) is 18.2 Å². The Kier molecular flexibility index (Phi) is 6.16. The highest BCUT2D eigenvalue weighted by Gasteiger charge is 2.21. The van der Waals surface area contributed by atoms with E-state index in [1.54, 1.807) is 18.2 Å². The molecule has 0 bridgehead atoms. The quantitative estimate of drug-likeness (QED) is 0.833. The zero-order valence-corrected chi connectivity index (χ0v) is 13.4. The second-order valence-corrected chi connectivity index (χ2v) is 6.57. The standard InChI is InChI=1S/C16H23Cl2NO/c1-2-11-4-3-5-13(8-11)19-10-16(20)14-9-12(17)6-7-15(14)18/h6-7,9,11,13,16,19-20H,2-5,8,10H2,1H3. The van der Waals surface area contributed by atoms with E-state index in [9.17, 15) is 5.11 Å². The fourth-order valence-corrected chi connectivity index (χ4v) is 3.43. The first-order valence-corrected chi connectivity index (χ1v) is 8.22. The minimum Gasteiger partial charge on any atom is -0.387 e. The zero-order valence-electron chi connectivity index (χ0n) is 11.9. The van der Waals surface area contributed by atoms with Crippen LogP contribution in [0.2, 0.25) is 10.0 Å². The molecule has 3 atom stereocenters. The summed E-state index contributed by atoms with van der Waals surface area (Å²) in [5.41, 5.74) is 0.703. The van der Waals surface area contributed by atoms with Crippen molar-refractivity contribution < 1.29 is 5.11 Å². The number of hydrogen-bond donors (Lipinski definition) is 2. The third kappa shape index (κ3) is 4.36. The molecule has 1 aromatic carbocycles. The highest BCUT2D eigenvalue weighted by atomic mass is 35.5. The summed E-state index contributed by atoms with van der Waals surface area (Å²) < 4.78 is 0. The van der Waals surface area contributed by atoms with Crippen molar-refractivity contribution in [2.75, 3.05) is 6.54 Å². The molecule has 1 fully saturated rings. The van der Waals surface area contributed by atoms with Gasteiger partial charge in [0, 0.05) is 28.2 Å². The van der Waals surface area contributed by atoms with Crippen molar-refractivity contribution in [3.8, 4) is 0 Å².